The molecule has 0 saturated heterocycles. The first-order chi connectivity index (χ1) is 9.36. The lowest BCUT2D eigenvalue weighted by Crippen LogP contribution is -2.06. The molecular weight excluding hydrogens is 264 g/mol. The summed E-state index contributed by atoms with van der Waals surface area (Å²) in [5.74, 6) is 0.689. The van der Waals surface area contributed by atoms with Crippen molar-refractivity contribution in [2.45, 2.75) is 13.2 Å². The fourth-order valence-electron chi connectivity index (χ4n) is 1.70. The van der Waals surface area contributed by atoms with Crippen LogP contribution in [0.1, 0.15) is 11.5 Å². The average molecular weight is 276 g/mol. The summed E-state index contributed by atoms with van der Waals surface area (Å²) in [5, 5.41) is 8.22. The number of hydrogen-bond donors (Lipinski definition) is 1. The first kappa shape index (κ1) is 12.0. The minimum atomic E-state index is 0.427. The Morgan fingerprint density at radius 3 is 3.21 bits per heavy atom. The molecule has 3 aromatic rings. The van der Waals surface area contributed by atoms with Crippen molar-refractivity contribution in [3.63, 3.8) is 0 Å². The largest absolute Gasteiger partial charge is 0.377 e. The Balaban J connectivity index is 1.73. The molecule has 0 unspecified atom stereocenters. The quantitative estimate of drug-likeness (QED) is 0.757. The summed E-state index contributed by atoms with van der Waals surface area (Å²) in [4.78, 5) is 8.52. The van der Waals surface area contributed by atoms with Crippen molar-refractivity contribution in [3.05, 3.63) is 36.0 Å². The lowest BCUT2D eigenvalue weighted by molar-refractivity contribution is 0.179. The predicted octanol–water partition coefficient (Wildman–Crippen LogP) is 1.34. The molecule has 98 valence electrons. The molecule has 0 saturated carbocycles. The maximum Gasteiger partial charge on any atom is 0.202 e. The minimum absolute atomic E-state index is 0.427. The van der Waals surface area contributed by atoms with Crippen LogP contribution < -0.4 is 5.32 Å². The second-order valence-corrected chi connectivity index (χ2v) is 4.59. The number of hydrogen-bond acceptors (Lipinski definition) is 7. The molecule has 7 nitrogen and oxygen atoms in total. The van der Waals surface area contributed by atoms with E-state index in [1.54, 1.807) is 24.0 Å². The van der Waals surface area contributed by atoms with Gasteiger partial charge in [0, 0.05) is 30.9 Å². The van der Waals surface area contributed by atoms with E-state index in [4.69, 9.17) is 4.74 Å². The van der Waals surface area contributed by atoms with Crippen molar-refractivity contribution in [1.82, 2.24) is 24.0 Å². The van der Waals surface area contributed by atoms with Crippen LogP contribution in [0.3, 0.4) is 0 Å². The number of nitrogens with zero attached hydrogens (tertiary/aromatic N) is 5. The zero-order chi connectivity index (χ0) is 13.1. The van der Waals surface area contributed by atoms with Crippen LogP contribution in [0.15, 0.2) is 24.5 Å². The Bertz CT molecular complexity index is 678. The van der Waals surface area contributed by atoms with Crippen molar-refractivity contribution in [2.24, 2.45) is 0 Å². The smallest absolute Gasteiger partial charge is 0.202 e. The number of aromatic nitrogens is 5. The highest BCUT2D eigenvalue weighted by Gasteiger charge is 2.05. The van der Waals surface area contributed by atoms with Gasteiger partial charge in [-0.05, 0) is 6.07 Å². The second kappa shape index (κ2) is 5.29. The van der Waals surface area contributed by atoms with Crippen molar-refractivity contribution in [2.75, 3.05) is 12.4 Å². The molecule has 0 aliphatic heterocycles. The van der Waals surface area contributed by atoms with E-state index in [0.717, 1.165) is 16.5 Å². The number of nitrogens with one attached hydrogen (secondary N) is 1. The van der Waals surface area contributed by atoms with Crippen molar-refractivity contribution in [1.29, 1.82) is 0 Å². The lowest BCUT2D eigenvalue weighted by Gasteiger charge is -2.04. The van der Waals surface area contributed by atoms with Crippen molar-refractivity contribution in [3.8, 4) is 0 Å². The Kier molecular flexibility index (Phi) is 3.34. The van der Waals surface area contributed by atoms with Crippen LogP contribution in [0, 0.1) is 0 Å². The summed E-state index contributed by atoms with van der Waals surface area (Å²) in [7, 11) is 1.62. The summed E-state index contributed by atoms with van der Waals surface area (Å²) in [6.07, 6.45) is 3.50. The number of ether oxygens (including phenoxy) is 1. The van der Waals surface area contributed by atoms with Crippen LogP contribution in [0.2, 0.25) is 0 Å². The Morgan fingerprint density at radius 2 is 2.32 bits per heavy atom. The molecule has 0 aliphatic carbocycles. The SMILES string of the molecule is COCc1nsc(NCc2ccnc3ccnn23)n1. The number of rotatable bonds is 5. The second-order valence-electron chi connectivity index (χ2n) is 3.84. The van der Waals surface area contributed by atoms with E-state index < -0.39 is 0 Å². The van der Waals surface area contributed by atoms with Crippen LogP contribution in [-0.2, 0) is 17.9 Å². The van der Waals surface area contributed by atoms with E-state index in [1.165, 1.54) is 11.5 Å². The maximum atomic E-state index is 4.98. The highest BCUT2D eigenvalue weighted by molar-refractivity contribution is 7.09. The highest BCUT2D eigenvalue weighted by Crippen LogP contribution is 2.13. The zero-order valence-electron chi connectivity index (χ0n) is 10.3. The number of anilines is 1. The monoisotopic (exact) mass is 276 g/mol. The van der Waals surface area contributed by atoms with E-state index in [9.17, 15) is 0 Å². The van der Waals surface area contributed by atoms with E-state index >= 15 is 0 Å². The summed E-state index contributed by atoms with van der Waals surface area (Å²) in [6.45, 7) is 1.04. The van der Waals surface area contributed by atoms with E-state index in [2.05, 4.69) is 24.8 Å². The average Bonchev–Trinajstić information content (AvgIpc) is 3.05. The van der Waals surface area contributed by atoms with Gasteiger partial charge in [0.25, 0.3) is 0 Å². The third-order valence-electron chi connectivity index (χ3n) is 2.53. The van der Waals surface area contributed by atoms with E-state index in [-0.39, 0.29) is 0 Å². The van der Waals surface area contributed by atoms with Crippen LogP contribution in [-0.4, -0.2) is 31.1 Å². The third kappa shape index (κ3) is 2.54. The minimum Gasteiger partial charge on any atom is -0.377 e. The molecule has 3 aromatic heterocycles. The van der Waals surface area contributed by atoms with Gasteiger partial charge in [-0.15, -0.1) is 0 Å². The Labute approximate surface area is 113 Å². The molecule has 0 aliphatic rings. The van der Waals surface area contributed by atoms with Gasteiger partial charge in [0.15, 0.2) is 11.5 Å². The van der Waals surface area contributed by atoms with Gasteiger partial charge in [-0.1, -0.05) is 0 Å². The van der Waals surface area contributed by atoms with Crippen LogP contribution in [0.4, 0.5) is 5.13 Å². The molecule has 1 N–H and O–H groups in total. The van der Waals surface area contributed by atoms with Crippen LogP contribution in [0.25, 0.3) is 5.65 Å². The predicted molar refractivity (Wildman–Crippen MR) is 70.9 cm³/mol. The maximum absolute atomic E-state index is 4.98. The number of fused-ring (bicyclic) bond motifs is 1. The van der Waals surface area contributed by atoms with Crippen molar-refractivity contribution < 1.29 is 4.74 Å². The van der Waals surface area contributed by atoms with Crippen molar-refractivity contribution >= 4 is 22.3 Å². The van der Waals surface area contributed by atoms with Gasteiger partial charge in [0.1, 0.15) is 6.61 Å². The van der Waals surface area contributed by atoms with E-state index in [1.807, 2.05) is 12.1 Å². The van der Waals surface area contributed by atoms with Gasteiger partial charge < -0.3 is 10.1 Å². The Morgan fingerprint density at radius 1 is 1.37 bits per heavy atom. The fourth-order valence-corrected chi connectivity index (χ4v) is 2.27. The molecule has 0 radical (unpaired) electrons. The zero-order valence-corrected chi connectivity index (χ0v) is 11.1. The normalized spacial score (nSPS) is 11.0. The molecule has 0 atom stereocenters. The summed E-state index contributed by atoms with van der Waals surface area (Å²) in [6, 6.07) is 3.79. The molecular formula is C11H12N6OS. The molecule has 0 bridgehead atoms. The van der Waals surface area contributed by atoms with E-state index in [0.29, 0.717) is 19.0 Å². The molecule has 3 heterocycles. The van der Waals surface area contributed by atoms with Crippen LogP contribution in [0.5, 0.6) is 0 Å². The van der Waals surface area contributed by atoms with Gasteiger partial charge in [-0.25, -0.2) is 14.5 Å². The number of methoxy groups -OCH3 is 1. The standard InChI is InChI=1S/C11H12N6OS/c1-18-7-9-15-11(19-16-9)13-6-8-2-4-12-10-3-5-14-17(8)10/h2-5H,6-7H2,1H3,(H,13,15,16). The molecule has 19 heavy (non-hydrogen) atoms. The molecule has 8 heteroatoms. The molecule has 0 fully saturated rings. The molecule has 0 aromatic carbocycles. The van der Waals surface area contributed by atoms with Gasteiger partial charge in [0.05, 0.1) is 18.4 Å². The highest BCUT2D eigenvalue weighted by atomic mass is 32.1. The molecule has 0 amide bonds. The van der Waals surface area contributed by atoms with Crippen LogP contribution >= 0.6 is 11.5 Å². The summed E-state index contributed by atoms with van der Waals surface area (Å²) in [5.41, 5.74) is 1.84. The van der Waals surface area contributed by atoms with Gasteiger partial charge in [-0.2, -0.15) is 9.47 Å². The van der Waals surface area contributed by atoms with Gasteiger partial charge >= 0.3 is 0 Å². The first-order valence-corrected chi connectivity index (χ1v) is 6.47. The molecule has 0 spiro atoms. The van der Waals surface area contributed by atoms with Gasteiger partial charge in [0.2, 0.25) is 5.13 Å². The fraction of sp³-hybridized carbons (Fsp3) is 0.273. The summed E-state index contributed by atoms with van der Waals surface area (Å²) >= 11 is 1.32. The molecule has 3 rings (SSSR count). The van der Waals surface area contributed by atoms with Gasteiger partial charge in [-0.3, -0.25) is 0 Å². The summed E-state index contributed by atoms with van der Waals surface area (Å²) < 4.78 is 11.0. The Hall–Kier alpha value is -2.06. The first-order valence-electron chi connectivity index (χ1n) is 5.70. The topological polar surface area (TPSA) is 77.2 Å². The third-order valence-corrected chi connectivity index (χ3v) is 3.24. The lowest BCUT2D eigenvalue weighted by atomic mass is 10.4.